The molecular weight excluding hydrogens is 560 g/mol. The molecule has 3 N–H and O–H groups in total. The number of esters is 1. The molecular formula is C34H32N4O6. The average molecular weight is 593 g/mol. The Bertz CT molecular complexity index is 1710. The molecule has 0 aliphatic heterocycles. The molecule has 0 spiro atoms. The molecule has 5 rings (SSSR count). The summed E-state index contributed by atoms with van der Waals surface area (Å²) in [6.07, 6.45) is 6.44. The summed E-state index contributed by atoms with van der Waals surface area (Å²) in [4.78, 5) is 51.2. The van der Waals surface area contributed by atoms with Gasteiger partial charge in [-0.05, 0) is 66.1 Å². The third kappa shape index (κ3) is 7.27. The number of carbonyl (C=O) groups excluding carboxylic acids is 4. The highest BCUT2D eigenvalue weighted by molar-refractivity contribution is 6.40. The number of hydrogen-bond acceptors (Lipinski definition) is 7. The minimum atomic E-state index is -1.04. The molecule has 0 saturated heterocycles. The molecule has 0 heterocycles. The fourth-order valence-electron chi connectivity index (χ4n) is 5.07. The number of fused-ring (bicyclic) bond motifs is 1. The third-order valence-electron chi connectivity index (χ3n) is 7.39. The molecule has 0 unspecified atom stereocenters. The molecule has 1 saturated carbocycles. The van der Waals surface area contributed by atoms with Crippen LogP contribution < -0.4 is 25.5 Å². The first-order valence-corrected chi connectivity index (χ1v) is 14.3. The van der Waals surface area contributed by atoms with Crippen molar-refractivity contribution in [3.63, 3.8) is 0 Å². The van der Waals surface area contributed by atoms with Crippen molar-refractivity contribution < 1.29 is 28.7 Å². The second-order valence-electron chi connectivity index (χ2n) is 10.3. The maximum absolute atomic E-state index is 12.9. The zero-order valence-corrected chi connectivity index (χ0v) is 24.2. The first-order valence-electron chi connectivity index (χ1n) is 14.3. The van der Waals surface area contributed by atoms with Crippen LogP contribution in [0.5, 0.6) is 11.5 Å². The van der Waals surface area contributed by atoms with Gasteiger partial charge in [0, 0.05) is 11.6 Å². The van der Waals surface area contributed by atoms with Crippen LogP contribution >= 0.6 is 0 Å². The number of benzene rings is 4. The number of nitrogens with zero attached hydrogens (tertiary/aromatic N) is 1. The number of ether oxygens (including phenoxy) is 2. The molecule has 0 radical (unpaired) electrons. The van der Waals surface area contributed by atoms with E-state index in [9.17, 15) is 19.2 Å². The van der Waals surface area contributed by atoms with Crippen molar-refractivity contribution in [3.8, 4) is 11.5 Å². The van der Waals surface area contributed by atoms with Gasteiger partial charge in [0.15, 0.2) is 0 Å². The van der Waals surface area contributed by atoms with Gasteiger partial charge in [0.05, 0.1) is 30.1 Å². The zero-order valence-electron chi connectivity index (χ0n) is 24.2. The molecule has 1 aliphatic carbocycles. The number of amides is 3. The molecule has 224 valence electrons. The van der Waals surface area contributed by atoms with E-state index >= 15 is 0 Å². The second kappa shape index (κ2) is 14.1. The van der Waals surface area contributed by atoms with Gasteiger partial charge in [0.25, 0.3) is 5.91 Å². The lowest BCUT2D eigenvalue weighted by Crippen LogP contribution is -2.37. The van der Waals surface area contributed by atoms with Crippen LogP contribution in [0.1, 0.15) is 58.4 Å². The minimum absolute atomic E-state index is 0.0899. The van der Waals surface area contributed by atoms with E-state index in [1.54, 1.807) is 60.7 Å². The summed E-state index contributed by atoms with van der Waals surface area (Å²) in [7, 11) is 1.53. The minimum Gasteiger partial charge on any atom is -0.497 e. The maximum atomic E-state index is 12.9. The topological polar surface area (TPSA) is 135 Å². The van der Waals surface area contributed by atoms with Crippen molar-refractivity contribution >= 4 is 46.4 Å². The fourth-order valence-corrected chi connectivity index (χ4v) is 5.07. The fraction of sp³-hybridized carbons (Fsp3) is 0.206. The predicted molar refractivity (Wildman–Crippen MR) is 167 cm³/mol. The monoisotopic (exact) mass is 592 g/mol. The standard InChI is InChI=1S/C34H32N4O6/c1-43-25-18-15-23(16-19-25)34(42)44-30-20-17-22-9-5-6-12-26(22)28(30)21-35-38-33(41)32(40)37-29-14-8-7-13-27(29)31(39)36-24-10-3-2-4-11-24/h5-9,12-21,24H,2-4,10-11H2,1H3,(H,36,39)(H,37,40)(H,38,41)/b35-21-. The van der Waals surface area contributed by atoms with Crippen molar-refractivity contribution in [2.45, 2.75) is 38.1 Å². The van der Waals surface area contributed by atoms with Gasteiger partial charge in [-0.1, -0.05) is 61.7 Å². The highest BCUT2D eigenvalue weighted by Crippen LogP contribution is 2.28. The lowest BCUT2D eigenvalue weighted by molar-refractivity contribution is -0.136. The molecule has 1 fully saturated rings. The Balaban J connectivity index is 1.28. The van der Waals surface area contributed by atoms with Crippen LogP contribution in [0.15, 0.2) is 90.0 Å². The molecule has 0 aromatic heterocycles. The van der Waals surface area contributed by atoms with E-state index in [-0.39, 0.29) is 28.9 Å². The Labute approximate surface area is 254 Å². The molecule has 10 heteroatoms. The van der Waals surface area contributed by atoms with Gasteiger partial charge >= 0.3 is 17.8 Å². The largest absolute Gasteiger partial charge is 0.497 e. The van der Waals surface area contributed by atoms with Crippen molar-refractivity contribution in [2.75, 3.05) is 12.4 Å². The molecule has 4 aromatic rings. The van der Waals surface area contributed by atoms with Crippen molar-refractivity contribution in [1.82, 2.24) is 10.7 Å². The normalized spacial score (nSPS) is 13.3. The first-order chi connectivity index (χ1) is 21.4. The highest BCUT2D eigenvalue weighted by atomic mass is 16.5. The van der Waals surface area contributed by atoms with E-state index in [4.69, 9.17) is 9.47 Å². The summed E-state index contributed by atoms with van der Waals surface area (Å²) in [5.41, 5.74) is 3.44. The van der Waals surface area contributed by atoms with Gasteiger partial charge in [-0.2, -0.15) is 5.10 Å². The molecule has 0 atom stereocenters. The number of methoxy groups -OCH3 is 1. The van der Waals surface area contributed by atoms with Crippen LogP contribution in [0.4, 0.5) is 5.69 Å². The molecule has 4 aromatic carbocycles. The zero-order chi connectivity index (χ0) is 30.9. The van der Waals surface area contributed by atoms with Gasteiger partial charge in [-0.15, -0.1) is 0 Å². The lowest BCUT2D eigenvalue weighted by Gasteiger charge is -2.23. The van der Waals surface area contributed by atoms with Crippen molar-refractivity contribution in [2.24, 2.45) is 5.10 Å². The van der Waals surface area contributed by atoms with Crippen LogP contribution in [0, 0.1) is 0 Å². The summed E-state index contributed by atoms with van der Waals surface area (Å²) < 4.78 is 10.8. The number of hydrazone groups is 1. The molecule has 44 heavy (non-hydrogen) atoms. The van der Waals surface area contributed by atoms with Crippen molar-refractivity contribution in [3.05, 3.63) is 102 Å². The van der Waals surface area contributed by atoms with E-state index in [1.807, 2.05) is 24.3 Å². The summed E-state index contributed by atoms with van der Waals surface area (Å²) >= 11 is 0. The number of nitrogens with one attached hydrogen (secondary N) is 3. The number of carbonyl (C=O) groups is 4. The smallest absolute Gasteiger partial charge is 0.343 e. The summed E-state index contributed by atoms with van der Waals surface area (Å²) in [6.45, 7) is 0. The summed E-state index contributed by atoms with van der Waals surface area (Å²) in [5.74, 6) is -2.12. The SMILES string of the molecule is COc1ccc(C(=O)Oc2ccc3ccccc3c2/C=N\NC(=O)C(=O)Nc2ccccc2C(=O)NC2CCCCC2)cc1. The summed E-state index contributed by atoms with van der Waals surface area (Å²) in [6, 6.07) is 23.9. The Morgan fingerprint density at radius 1 is 0.818 bits per heavy atom. The van der Waals surface area contributed by atoms with Gasteiger partial charge in [0.1, 0.15) is 11.5 Å². The average Bonchev–Trinajstić information content (AvgIpc) is 3.06. The Morgan fingerprint density at radius 3 is 2.32 bits per heavy atom. The number of rotatable bonds is 8. The van der Waals surface area contributed by atoms with Gasteiger partial charge in [-0.25, -0.2) is 10.2 Å². The van der Waals surface area contributed by atoms with Crippen LogP contribution in [-0.4, -0.2) is 43.1 Å². The molecule has 1 aliphatic rings. The first kappa shape index (κ1) is 30.0. The summed E-state index contributed by atoms with van der Waals surface area (Å²) in [5, 5.41) is 11.1. The van der Waals surface area contributed by atoms with E-state index in [0.29, 0.717) is 22.3 Å². The lowest BCUT2D eigenvalue weighted by atomic mass is 9.95. The van der Waals surface area contributed by atoms with Crippen molar-refractivity contribution in [1.29, 1.82) is 0 Å². The van der Waals surface area contributed by atoms with Crippen LogP contribution in [0.3, 0.4) is 0 Å². The van der Waals surface area contributed by atoms with Crippen LogP contribution in [0.25, 0.3) is 10.8 Å². The maximum Gasteiger partial charge on any atom is 0.343 e. The number of anilines is 1. The predicted octanol–water partition coefficient (Wildman–Crippen LogP) is 5.22. The highest BCUT2D eigenvalue weighted by Gasteiger charge is 2.21. The van der Waals surface area contributed by atoms with E-state index in [1.165, 1.54) is 13.3 Å². The second-order valence-corrected chi connectivity index (χ2v) is 10.3. The van der Waals surface area contributed by atoms with E-state index < -0.39 is 17.8 Å². The Kier molecular flexibility index (Phi) is 9.61. The quantitative estimate of drug-likeness (QED) is 0.0844. The number of para-hydroxylation sites is 1. The van der Waals surface area contributed by atoms with E-state index in [0.717, 1.165) is 37.5 Å². The molecule has 3 amide bonds. The van der Waals surface area contributed by atoms with E-state index in [2.05, 4.69) is 21.2 Å². The Hall–Kier alpha value is -5.51. The van der Waals surface area contributed by atoms with Crippen LogP contribution in [0.2, 0.25) is 0 Å². The van der Waals surface area contributed by atoms with Gasteiger partial charge in [-0.3, -0.25) is 14.4 Å². The molecule has 0 bridgehead atoms. The number of hydrogen-bond donors (Lipinski definition) is 3. The molecule has 10 nitrogen and oxygen atoms in total. The van der Waals surface area contributed by atoms with Gasteiger partial charge < -0.3 is 20.1 Å². The third-order valence-corrected chi connectivity index (χ3v) is 7.39. The van der Waals surface area contributed by atoms with Gasteiger partial charge in [0.2, 0.25) is 0 Å². The van der Waals surface area contributed by atoms with Crippen LogP contribution in [-0.2, 0) is 9.59 Å². The Morgan fingerprint density at radius 2 is 1.55 bits per heavy atom.